The normalized spacial score (nSPS) is 10.8. The van der Waals surface area contributed by atoms with E-state index >= 15 is 0 Å². The van der Waals surface area contributed by atoms with Crippen molar-refractivity contribution < 1.29 is 22.7 Å². The van der Waals surface area contributed by atoms with E-state index in [4.69, 9.17) is 0 Å². The molecule has 0 fully saturated rings. The van der Waals surface area contributed by atoms with Gasteiger partial charge in [0.15, 0.2) is 0 Å². The first-order valence-electron chi connectivity index (χ1n) is 8.16. The fraction of sp³-hybridized carbons (Fsp3) is 0.222. The maximum Gasteiger partial charge on any atom is 0.426 e. The van der Waals surface area contributed by atoms with Gasteiger partial charge in [-0.3, -0.25) is 14.9 Å². The lowest BCUT2D eigenvalue weighted by Gasteiger charge is -2.12. The molecule has 2 amide bonds. The van der Waals surface area contributed by atoms with Crippen molar-refractivity contribution in [1.82, 2.24) is 10.9 Å². The largest absolute Gasteiger partial charge is 0.449 e. The summed E-state index contributed by atoms with van der Waals surface area (Å²) in [6.45, 7) is 5.33. The van der Waals surface area contributed by atoms with Crippen molar-refractivity contribution in [3.05, 3.63) is 59.2 Å². The number of carbonyl (C=O) groups excluding carboxylic acids is 2. The molecule has 0 aromatic heterocycles. The Bertz CT molecular complexity index is 940. The molecule has 0 aliphatic heterocycles. The maximum atomic E-state index is 12.6. The van der Waals surface area contributed by atoms with Crippen LogP contribution in [0.15, 0.2) is 47.4 Å². The number of hydrogen-bond donors (Lipinski definition) is 3. The Labute approximate surface area is 157 Å². The van der Waals surface area contributed by atoms with Crippen molar-refractivity contribution >= 4 is 27.7 Å². The summed E-state index contributed by atoms with van der Waals surface area (Å²) in [4.78, 5) is 23.4. The number of anilines is 1. The number of amides is 2. The minimum atomic E-state index is -3.88. The van der Waals surface area contributed by atoms with Crippen molar-refractivity contribution in [2.75, 3.05) is 11.3 Å². The SMILES string of the molecule is CCOC(=O)NNC(=O)c1cc(S(=O)(=O)Nc2ccc(C)cc2)ccc1C. The van der Waals surface area contributed by atoms with E-state index in [1.165, 1.54) is 18.2 Å². The Hall–Kier alpha value is -3.07. The summed E-state index contributed by atoms with van der Waals surface area (Å²) >= 11 is 0. The maximum absolute atomic E-state index is 12.6. The fourth-order valence-electron chi connectivity index (χ4n) is 2.19. The van der Waals surface area contributed by atoms with E-state index < -0.39 is 22.0 Å². The molecule has 9 heteroatoms. The van der Waals surface area contributed by atoms with Crippen LogP contribution in [0.2, 0.25) is 0 Å². The van der Waals surface area contributed by atoms with Crippen LogP contribution in [0.1, 0.15) is 28.4 Å². The van der Waals surface area contributed by atoms with Crippen molar-refractivity contribution in [1.29, 1.82) is 0 Å². The molecule has 0 radical (unpaired) electrons. The van der Waals surface area contributed by atoms with E-state index in [9.17, 15) is 18.0 Å². The number of carbonyl (C=O) groups is 2. The molecule has 27 heavy (non-hydrogen) atoms. The molecule has 3 N–H and O–H groups in total. The monoisotopic (exact) mass is 391 g/mol. The smallest absolute Gasteiger partial charge is 0.426 e. The third-order valence-electron chi connectivity index (χ3n) is 3.62. The van der Waals surface area contributed by atoms with E-state index in [2.05, 4.69) is 20.3 Å². The van der Waals surface area contributed by atoms with E-state index in [1.807, 2.05) is 6.92 Å². The Balaban J connectivity index is 2.20. The Morgan fingerprint density at radius 2 is 1.67 bits per heavy atom. The standard InChI is InChI=1S/C18H21N3O5S/c1-4-26-18(23)20-19-17(22)16-11-15(10-7-13(16)3)27(24,25)21-14-8-5-12(2)6-9-14/h5-11,21H,4H2,1-3H3,(H,19,22)(H,20,23). The number of aryl methyl sites for hydroxylation is 2. The molecule has 144 valence electrons. The first-order valence-corrected chi connectivity index (χ1v) is 9.64. The lowest BCUT2D eigenvalue weighted by molar-refractivity contribution is 0.0912. The highest BCUT2D eigenvalue weighted by Crippen LogP contribution is 2.19. The van der Waals surface area contributed by atoms with Crippen LogP contribution >= 0.6 is 0 Å². The zero-order valence-corrected chi connectivity index (χ0v) is 16.0. The van der Waals surface area contributed by atoms with E-state index in [0.717, 1.165) is 5.56 Å². The summed E-state index contributed by atoms with van der Waals surface area (Å²) in [6.07, 6.45) is -0.812. The molecule has 2 rings (SSSR count). The fourth-order valence-corrected chi connectivity index (χ4v) is 3.28. The molecule has 0 saturated heterocycles. The number of ether oxygens (including phenoxy) is 1. The molecule has 2 aromatic carbocycles. The zero-order chi connectivity index (χ0) is 20.0. The second kappa shape index (κ2) is 8.54. The van der Waals surface area contributed by atoms with Gasteiger partial charge in [-0.15, -0.1) is 0 Å². The summed E-state index contributed by atoms with van der Waals surface area (Å²) in [7, 11) is -3.88. The van der Waals surface area contributed by atoms with Gasteiger partial charge in [-0.1, -0.05) is 23.8 Å². The molecule has 0 unspecified atom stereocenters. The minimum Gasteiger partial charge on any atom is -0.449 e. The Morgan fingerprint density at radius 1 is 1.00 bits per heavy atom. The Morgan fingerprint density at radius 3 is 2.30 bits per heavy atom. The minimum absolute atomic E-state index is 0.0741. The highest BCUT2D eigenvalue weighted by molar-refractivity contribution is 7.92. The number of sulfonamides is 1. The van der Waals surface area contributed by atoms with Crippen LogP contribution in [-0.4, -0.2) is 27.0 Å². The lowest BCUT2D eigenvalue weighted by atomic mass is 10.1. The van der Waals surface area contributed by atoms with Gasteiger partial charge in [0, 0.05) is 11.3 Å². The number of rotatable bonds is 5. The molecular formula is C18H21N3O5S. The van der Waals surface area contributed by atoms with Crippen molar-refractivity contribution in [3.63, 3.8) is 0 Å². The summed E-state index contributed by atoms with van der Waals surface area (Å²) in [5, 5.41) is 0. The average Bonchev–Trinajstić information content (AvgIpc) is 2.62. The van der Waals surface area contributed by atoms with Gasteiger partial charge >= 0.3 is 6.09 Å². The molecule has 0 saturated carbocycles. The average molecular weight is 391 g/mol. The van der Waals surface area contributed by atoms with E-state index in [-0.39, 0.29) is 17.1 Å². The van der Waals surface area contributed by atoms with Crippen LogP contribution in [0, 0.1) is 13.8 Å². The molecule has 0 atom stereocenters. The third-order valence-corrected chi connectivity index (χ3v) is 5.00. The summed E-state index contributed by atoms with van der Waals surface area (Å²) in [6, 6.07) is 11.0. The van der Waals surface area contributed by atoms with Crippen LogP contribution in [0.3, 0.4) is 0 Å². The van der Waals surface area contributed by atoms with Gasteiger partial charge in [-0.2, -0.15) is 0 Å². The second-order valence-electron chi connectivity index (χ2n) is 5.75. The highest BCUT2D eigenvalue weighted by atomic mass is 32.2. The molecule has 0 aliphatic rings. The van der Waals surface area contributed by atoms with Gasteiger partial charge in [0.25, 0.3) is 15.9 Å². The molecule has 0 spiro atoms. The first-order chi connectivity index (χ1) is 12.7. The zero-order valence-electron chi connectivity index (χ0n) is 15.2. The Kier molecular flexibility index (Phi) is 6.40. The summed E-state index contributed by atoms with van der Waals surface area (Å²) in [5.41, 5.74) is 6.34. The van der Waals surface area contributed by atoms with E-state index in [0.29, 0.717) is 11.3 Å². The van der Waals surface area contributed by atoms with Crippen LogP contribution in [0.5, 0.6) is 0 Å². The number of benzene rings is 2. The lowest BCUT2D eigenvalue weighted by Crippen LogP contribution is -2.42. The predicted molar refractivity (Wildman–Crippen MR) is 101 cm³/mol. The molecule has 0 bridgehead atoms. The second-order valence-corrected chi connectivity index (χ2v) is 7.43. The molecule has 0 heterocycles. The number of nitrogens with one attached hydrogen (secondary N) is 3. The van der Waals surface area contributed by atoms with Crippen molar-refractivity contribution in [3.8, 4) is 0 Å². The van der Waals surface area contributed by atoms with Gasteiger partial charge in [0.05, 0.1) is 11.5 Å². The van der Waals surface area contributed by atoms with Crippen molar-refractivity contribution in [2.45, 2.75) is 25.7 Å². The number of hydrogen-bond acceptors (Lipinski definition) is 5. The predicted octanol–water partition coefficient (Wildman–Crippen LogP) is 2.50. The van der Waals surface area contributed by atoms with Gasteiger partial charge < -0.3 is 4.74 Å². The molecule has 2 aromatic rings. The van der Waals surface area contributed by atoms with Gasteiger partial charge in [-0.25, -0.2) is 18.6 Å². The molecular weight excluding hydrogens is 370 g/mol. The van der Waals surface area contributed by atoms with Crippen LogP contribution in [-0.2, 0) is 14.8 Å². The quantitative estimate of drug-likeness (QED) is 0.678. The number of hydrazine groups is 1. The van der Waals surface area contributed by atoms with Crippen LogP contribution < -0.4 is 15.6 Å². The molecule has 0 aliphatic carbocycles. The first kappa shape index (κ1) is 20.2. The van der Waals surface area contributed by atoms with Crippen molar-refractivity contribution in [2.24, 2.45) is 0 Å². The van der Waals surface area contributed by atoms with Gasteiger partial charge in [-0.05, 0) is 50.6 Å². The topological polar surface area (TPSA) is 114 Å². The van der Waals surface area contributed by atoms with Crippen LogP contribution in [0.25, 0.3) is 0 Å². The summed E-state index contributed by atoms with van der Waals surface area (Å²) < 4.78 is 32.3. The van der Waals surface area contributed by atoms with Gasteiger partial charge in [0.2, 0.25) is 0 Å². The van der Waals surface area contributed by atoms with Gasteiger partial charge in [0.1, 0.15) is 0 Å². The van der Waals surface area contributed by atoms with Crippen LogP contribution in [0.4, 0.5) is 10.5 Å². The summed E-state index contributed by atoms with van der Waals surface area (Å²) in [5.74, 6) is -0.659. The van der Waals surface area contributed by atoms with E-state index in [1.54, 1.807) is 38.1 Å². The highest BCUT2D eigenvalue weighted by Gasteiger charge is 2.18. The molecule has 8 nitrogen and oxygen atoms in total. The third kappa shape index (κ3) is 5.45.